The summed E-state index contributed by atoms with van der Waals surface area (Å²) in [5.74, 6) is -0.455. The molecule has 200 valence electrons. The van der Waals surface area contributed by atoms with Gasteiger partial charge in [-0.2, -0.15) is 13.2 Å². The Morgan fingerprint density at radius 2 is 1.78 bits per heavy atom. The minimum Gasteiger partial charge on any atom is -0.450 e. The van der Waals surface area contributed by atoms with Crippen LogP contribution in [0.25, 0.3) is 0 Å². The number of benzene rings is 2. The van der Waals surface area contributed by atoms with Crippen molar-refractivity contribution in [2.75, 3.05) is 17.7 Å². The zero-order valence-electron chi connectivity index (χ0n) is 20.2. The number of alkyl halides is 3. The van der Waals surface area contributed by atoms with E-state index in [0.717, 1.165) is 25.0 Å². The average Bonchev–Trinajstić information content (AvgIpc) is 3.53. The molecule has 2 aromatic rings. The summed E-state index contributed by atoms with van der Waals surface area (Å²) in [6.07, 6.45) is -3.91. The zero-order chi connectivity index (χ0) is 27.2. The molecule has 12 heteroatoms. The molecule has 0 saturated heterocycles. The van der Waals surface area contributed by atoms with Crippen LogP contribution in [0, 0.1) is 5.92 Å². The molecule has 8 nitrogen and oxygen atoms in total. The maximum Gasteiger partial charge on any atom is 0.421 e. The van der Waals surface area contributed by atoms with Gasteiger partial charge in [0, 0.05) is 5.69 Å². The first-order chi connectivity index (χ1) is 17.2. The van der Waals surface area contributed by atoms with Crippen LogP contribution in [0.3, 0.4) is 0 Å². The van der Waals surface area contributed by atoms with E-state index in [9.17, 15) is 36.3 Å². The summed E-state index contributed by atoms with van der Waals surface area (Å²) in [5, 5.41) is 12.4. The standard InChI is InChI=1S/C25H27F3N2O6S/c1-3-36-23(32)30-13-16-12-19(37(34,35)14-15-4-5-15)10-11-20(16)21(30)22(31)29-18-8-6-17(7-9-18)24(2,33)25(26,27)28/h6-12,15,21,33H,3-5,13-14H2,1-2H3,(H,29,31). The lowest BCUT2D eigenvalue weighted by Gasteiger charge is -2.27. The Labute approximate surface area is 212 Å². The molecule has 1 saturated carbocycles. The van der Waals surface area contributed by atoms with Crippen LogP contribution in [0.1, 0.15) is 49.4 Å². The normalized spacial score (nSPS) is 19.2. The number of hydrogen-bond acceptors (Lipinski definition) is 6. The van der Waals surface area contributed by atoms with Gasteiger partial charge in [-0.1, -0.05) is 18.2 Å². The van der Waals surface area contributed by atoms with Gasteiger partial charge in [0.15, 0.2) is 15.4 Å². The second kappa shape index (κ2) is 9.64. The second-order valence-electron chi connectivity index (χ2n) is 9.45. The Hall–Kier alpha value is -3.12. The van der Waals surface area contributed by atoms with Crippen molar-refractivity contribution in [1.82, 2.24) is 4.90 Å². The van der Waals surface area contributed by atoms with E-state index in [4.69, 9.17) is 4.74 Å². The number of anilines is 1. The van der Waals surface area contributed by atoms with Crippen molar-refractivity contribution >= 4 is 27.5 Å². The molecule has 1 aliphatic carbocycles. The van der Waals surface area contributed by atoms with Gasteiger partial charge in [-0.05, 0) is 73.6 Å². The number of fused-ring (bicyclic) bond motifs is 1. The van der Waals surface area contributed by atoms with E-state index in [1.165, 1.54) is 35.2 Å². The van der Waals surface area contributed by atoms with Crippen LogP contribution >= 0.6 is 0 Å². The van der Waals surface area contributed by atoms with Crippen molar-refractivity contribution in [3.63, 3.8) is 0 Å². The van der Waals surface area contributed by atoms with Crippen molar-refractivity contribution in [3.05, 3.63) is 59.2 Å². The van der Waals surface area contributed by atoms with Crippen LogP contribution in [0.15, 0.2) is 47.4 Å². The number of carbonyl (C=O) groups excluding carboxylic acids is 2. The lowest BCUT2D eigenvalue weighted by Crippen LogP contribution is -2.39. The van der Waals surface area contributed by atoms with E-state index >= 15 is 0 Å². The minimum absolute atomic E-state index is 0.0492. The summed E-state index contributed by atoms with van der Waals surface area (Å²) in [6, 6.07) is 7.77. The average molecular weight is 541 g/mol. The van der Waals surface area contributed by atoms with E-state index in [2.05, 4.69) is 5.32 Å². The highest BCUT2D eigenvalue weighted by molar-refractivity contribution is 7.91. The molecule has 0 radical (unpaired) electrons. The molecule has 2 amide bonds. The van der Waals surface area contributed by atoms with Gasteiger partial charge in [0.05, 0.1) is 23.8 Å². The topological polar surface area (TPSA) is 113 Å². The number of hydrogen-bond donors (Lipinski definition) is 2. The summed E-state index contributed by atoms with van der Waals surface area (Å²) in [5.41, 5.74) is -2.42. The van der Waals surface area contributed by atoms with Crippen LogP contribution in [0.5, 0.6) is 0 Å². The molecule has 2 atom stereocenters. The molecule has 2 unspecified atom stereocenters. The van der Waals surface area contributed by atoms with Crippen molar-refractivity contribution < 1.29 is 41.0 Å². The molecule has 1 heterocycles. The third-order valence-electron chi connectivity index (χ3n) is 6.59. The Morgan fingerprint density at radius 3 is 2.35 bits per heavy atom. The smallest absolute Gasteiger partial charge is 0.421 e. The summed E-state index contributed by atoms with van der Waals surface area (Å²) in [4.78, 5) is 27.2. The molecule has 1 fully saturated rings. The first-order valence-corrected chi connectivity index (χ1v) is 13.4. The number of aliphatic hydroxyl groups is 1. The maximum atomic E-state index is 13.3. The third kappa shape index (κ3) is 5.45. The largest absolute Gasteiger partial charge is 0.450 e. The molecular formula is C25H27F3N2O6S. The Balaban J connectivity index is 1.60. The van der Waals surface area contributed by atoms with Gasteiger partial charge < -0.3 is 15.2 Å². The fourth-order valence-electron chi connectivity index (χ4n) is 4.22. The Bertz CT molecular complexity index is 1300. The molecule has 2 N–H and O–H groups in total. The number of ether oxygens (including phenoxy) is 1. The number of halogens is 3. The summed E-state index contributed by atoms with van der Waals surface area (Å²) >= 11 is 0. The van der Waals surface area contributed by atoms with E-state index in [1.54, 1.807) is 6.92 Å². The Morgan fingerprint density at radius 1 is 1.14 bits per heavy atom. The van der Waals surface area contributed by atoms with Gasteiger partial charge >= 0.3 is 12.3 Å². The number of carbonyl (C=O) groups is 2. The van der Waals surface area contributed by atoms with Crippen molar-refractivity contribution in [3.8, 4) is 0 Å². The summed E-state index contributed by atoms with van der Waals surface area (Å²) < 4.78 is 69.9. The fraction of sp³-hybridized carbons (Fsp3) is 0.440. The molecule has 2 aromatic carbocycles. The van der Waals surface area contributed by atoms with E-state index < -0.39 is 45.2 Å². The van der Waals surface area contributed by atoms with Gasteiger partial charge in [0.2, 0.25) is 0 Å². The minimum atomic E-state index is -4.89. The summed E-state index contributed by atoms with van der Waals surface area (Å²) in [6.45, 7) is 2.25. The van der Waals surface area contributed by atoms with Crippen LogP contribution in [-0.2, 0) is 31.5 Å². The maximum absolute atomic E-state index is 13.3. The van der Waals surface area contributed by atoms with Crippen molar-refractivity contribution in [1.29, 1.82) is 0 Å². The van der Waals surface area contributed by atoms with Crippen LogP contribution in [0.2, 0.25) is 0 Å². The van der Waals surface area contributed by atoms with Gasteiger partial charge in [-0.25, -0.2) is 13.2 Å². The molecule has 0 spiro atoms. The van der Waals surface area contributed by atoms with Crippen LogP contribution in [-0.4, -0.2) is 49.0 Å². The van der Waals surface area contributed by atoms with Gasteiger partial charge in [0.25, 0.3) is 5.91 Å². The SMILES string of the molecule is CCOC(=O)N1Cc2cc(S(=O)(=O)CC3CC3)ccc2C1C(=O)Nc1ccc(C(C)(O)C(F)(F)F)cc1. The van der Waals surface area contributed by atoms with Gasteiger partial charge in [0.1, 0.15) is 6.04 Å². The van der Waals surface area contributed by atoms with E-state index in [-0.39, 0.29) is 35.4 Å². The second-order valence-corrected chi connectivity index (χ2v) is 11.5. The first kappa shape index (κ1) is 26.9. The first-order valence-electron chi connectivity index (χ1n) is 11.7. The molecule has 2 aliphatic rings. The third-order valence-corrected chi connectivity index (χ3v) is 8.47. The molecule has 1 aliphatic heterocycles. The predicted octanol–water partition coefficient (Wildman–Crippen LogP) is 4.29. The molecule has 0 bridgehead atoms. The number of rotatable bonds is 7. The number of amides is 2. The van der Waals surface area contributed by atoms with Gasteiger partial charge in [-0.15, -0.1) is 0 Å². The molecule has 0 aromatic heterocycles. The van der Waals surface area contributed by atoms with Crippen molar-refractivity contribution in [2.45, 2.75) is 55.9 Å². The summed E-state index contributed by atoms with van der Waals surface area (Å²) in [7, 11) is -3.52. The molecule has 37 heavy (non-hydrogen) atoms. The van der Waals surface area contributed by atoms with Crippen molar-refractivity contribution in [2.24, 2.45) is 5.92 Å². The number of nitrogens with zero attached hydrogens (tertiary/aromatic N) is 1. The fourth-order valence-corrected chi connectivity index (χ4v) is 5.97. The Kier molecular flexibility index (Phi) is 7.02. The molecular weight excluding hydrogens is 513 g/mol. The van der Waals surface area contributed by atoms with Crippen LogP contribution in [0.4, 0.5) is 23.7 Å². The number of nitrogens with one attached hydrogen (secondary N) is 1. The zero-order valence-corrected chi connectivity index (χ0v) is 21.0. The highest BCUT2D eigenvalue weighted by Gasteiger charge is 2.51. The monoisotopic (exact) mass is 540 g/mol. The van der Waals surface area contributed by atoms with E-state index in [1.807, 2.05) is 0 Å². The van der Waals surface area contributed by atoms with Gasteiger partial charge in [-0.3, -0.25) is 9.69 Å². The molecule has 4 rings (SSSR count). The highest BCUT2D eigenvalue weighted by Crippen LogP contribution is 2.40. The predicted molar refractivity (Wildman–Crippen MR) is 127 cm³/mol. The number of sulfone groups is 1. The lowest BCUT2D eigenvalue weighted by molar-refractivity contribution is -0.258. The van der Waals surface area contributed by atoms with E-state index in [0.29, 0.717) is 18.1 Å². The van der Waals surface area contributed by atoms with Crippen LogP contribution < -0.4 is 5.32 Å². The highest BCUT2D eigenvalue weighted by atomic mass is 32.2. The quantitative estimate of drug-likeness (QED) is 0.542. The lowest BCUT2D eigenvalue weighted by atomic mass is 9.95.